The largest absolute Gasteiger partial charge is 0.309 e. The molecule has 8 nitrogen and oxygen atoms in total. The van der Waals surface area contributed by atoms with Gasteiger partial charge in [0, 0.05) is 131 Å². The molecule has 25 aromatic rings. The van der Waals surface area contributed by atoms with E-state index in [-0.39, 0.29) is 0 Å². The Morgan fingerprint density at radius 2 is 0.424 bits per heavy atom. The molecule has 132 heavy (non-hydrogen) atoms. The predicted molar refractivity (Wildman–Crippen MR) is 553 cm³/mol. The first kappa shape index (κ1) is 79.5. The van der Waals surface area contributed by atoms with Crippen LogP contribution in [-0.2, 0) is 4.57 Å². The Bertz CT molecular complexity index is 8710. The number of aromatic nitrogens is 7. The smallest absolute Gasteiger partial charge is 0.171 e. The summed E-state index contributed by atoms with van der Waals surface area (Å²) in [5.74, 6) is 0. The quantitative estimate of drug-likeness (QED) is 0.0830. The molecule has 0 amide bonds. The fourth-order valence-corrected chi connectivity index (χ4v) is 21.7. The second kappa shape index (κ2) is 34.5. The molecule has 9 heteroatoms. The summed E-state index contributed by atoms with van der Waals surface area (Å²) in [6.45, 7) is 0. The molecule has 7 aromatic heterocycles. The highest BCUT2D eigenvalue weighted by atomic mass is 31.2. The van der Waals surface area contributed by atoms with Crippen LogP contribution in [0.3, 0.4) is 0 Å². The highest BCUT2D eigenvalue weighted by Gasteiger charge is 2.31. The third kappa shape index (κ3) is 14.6. The maximum Gasteiger partial charge on any atom is 0.171 e. The molecule has 0 aliphatic rings. The number of hydrogen-bond donors (Lipinski definition) is 0. The summed E-state index contributed by atoms with van der Waals surface area (Å²) in [7, 11) is -3.07. The van der Waals surface area contributed by atoms with Gasteiger partial charge in [0.1, 0.15) is 0 Å². The Morgan fingerprint density at radius 1 is 0.159 bits per heavy atom. The van der Waals surface area contributed by atoms with Crippen molar-refractivity contribution in [2.24, 2.45) is 0 Å². The number of nitrogens with zero attached hydrogens (tertiary/aromatic N) is 7. The zero-order chi connectivity index (χ0) is 87.8. The molecule has 0 N–H and O–H groups in total. The van der Waals surface area contributed by atoms with Gasteiger partial charge in [-0.25, -0.2) is 29.9 Å². The van der Waals surface area contributed by atoms with Crippen molar-refractivity contribution in [3.63, 3.8) is 0 Å². The second-order valence-electron chi connectivity index (χ2n) is 33.1. The monoisotopic (exact) mass is 1700 g/mol. The molecule has 0 fully saturated rings. The molecule has 0 atom stereocenters. The van der Waals surface area contributed by atoms with Gasteiger partial charge in [-0.15, -0.1) is 0 Å². The fraction of sp³-hybridized carbons (Fsp3) is 0. The topological polar surface area (TPSA) is 107 Å². The third-order valence-electron chi connectivity index (χ3n) is 25.3. The zero-order valence-electron chi connectivity index (χ0n) is 71.7. The molecule has 618 valence electrons. The van der Waals surface area contributed by atoms with Crippen LogP contribution in [0.4, 0.5) is 0 Å². The van der Waals surface area contributed by atoms with Crippen LogP contribution in [0.15, 0.2) is 485 Å². The number of para-hydroxylation sites is 3. The van der Waals surface area contributed by atoms with Crippen LogP contribution in [0.1, 0.15) is 0 Å². The molecule has 7 heterocycles. The minimum atomic E-state index is -3.07. The summed E-state index contributed by atoms with van der Waals surface area (Å²) in [6, 6.07) is 166. The lowest BCUT2D eigenvalue weighted by Crippen LogP contribution is -2.24. The average Bonchev–Trinajstić information content (AvgIpc) is 0.735. The van der Waals surface area contributed by atoms with Crippen LogP contribution < -0.4 is 15.9 Å². The molecular weight excluding hydrogens is 1620 g/mol. The maximum absolute atomic E-state index is 15.0. The van der Waals surface area contributed by atoms with Crippen LogP contribution in [0.25, 0.3) is 221 Å². The Kier molecular flexibility index (Phi) is 20.8. The van der Waals surface area contributed by atoms with Crippen molar-refractivity contribution in [1.29, 1.82) is 0 Å². The number of fused-ring (bicyclic) bond motifs is 15. The van der Waals surface area contributed by atoms with E-state index in [1.807, 2.05) is 121 Å². The van der Waals surface area contributed by atoms with Crippen LogP contribution in [0.2, 0.25) is 0 Å². The van der Waals surface area contributed by atoms with Crippen molar-refractivity contribution in [3.8, 4) is 112 Å². The van der Waals surface area contributed by atoms with Crippen LogP contribution >= 0.6 is 7.14 Å². The first-order valence-electron chi connectivity index (χ1n) is 44.5. The summed E-state index contributed by atoms with van der Waals surface area (Å²) < 4.78 is 15.0. The standard InChI is InChI=1S/C43H27N3.C43H30NOP.C37H23N3/c1-4-12-28(13-5-1)33-18-10-20-35-39(33)36-21-11-19-34(43(36)46-40(35)30-16-8-3-9-17-30)38-27-25-32-23-22-31-24-26-37(29-14-6-2-7-15-29)44-41(31)42(32)45-38;45-46(34-19-9-3-10-20-34,35-21-11-4-12-22-35)36-29-27-32(28-30-36)38-24-14-26-40-41-37(31-15-5-1-6-16-31)23-13-25-39(41)42(44-43(38)40)33-17-7-2-8-18-33;1-3-10-24(11-4-1)28-15-7-17-30-33(28)31-18-8-16-29(37(31)40-34(30)25-12-5-2-6-13-25)32-22-21-27-20-19-26-14-9-23-38-35(26)36(27)39-32/h1-27H;1-30H;1-23H. The predicted octanol–water partition coefficient (Wildman–Crippen LogP) is 30.7. The zero-order valence-corrected chi connectivity index (χ0v) is 72.6. The van der Waals surface area contributed by atoms with Crippen LogP contribution in [0.5, 0.6) is 0 Å². The first-order chi connectivity index (χ1) is 65.4. The first-order valence-corrected chi connectivity index (χ1v) is 46.2. The van der Waals surface area contributed by atoms with Crippen LogP contribution in [-0.4, -0.2) is 34.9 Å². The van der Waals surface area contributed by atoms with E-state index in [9.17, 15) is 4.57 Å². The number of pyridine rings is 7. The van der Waals surface area contributed by atoms with Crippen LogP contribution in [0, 0.1) is 0 Å². The second-order valence-corrected chi connectivity index (χ2v) is 35.8. The normalized spacial score (nSPS) is 11.5. The highest BCUT2D eigenvalue weighted by molar-refractivity contribution is 7.85. The van der Waals surface area contributed by atoms with Gasteiger partial charge in [0.2, 0.25) is 0 Å². The van der Waals surface area contributed by atoms with Crippen molar-refractivity contribution >= 4 is 132 Å². The maximum atomic E-state index is 15.0. The Morgan fingerprint density at radius 3 is 0.795 bits per heavy atom. The van der Waals surface area contributed by atoms with Gasteiger partial charge in [0.15, 0.2) is 7.14 Å². The fourth-order valence-electron chi connectivity index (χ4n) is 19.0. The molecule has 0 bridgehead atoms. The molecular formula is C123H80N7OP. The van der Waals surface area contributed by atoms with Crippen molar-refractivity contribution in [2.45, 2.75) is 0 Å². The summed E-state index contributed by atoms with van der Waals surface area (Å²) in [5.41, 5.74) is 27.6. The minimum absolute atomic E-state index is 0.809. The minimum Gasteiger partial charge on any atom is -0.309 e. The highest BCUT2D eigenvalue weighted by Crippen LogP contribution is 2.48. The van der Waals surface area contributed by atoms with E-state index in [0.29, 0.717) is 0 Å². The molecule has 0 aliphatic heterocycles. The van der Waals surface area contributed by atoms with Gasteiger partial charge in [0.25, 0.3) is 0 Å². The number of rotatable bonds is 13. The Labute approximate surface area is 763 Å². The molecule has 0 saturated heterocycles. The van der Waals surface area contributed by atoms with E-state index in [1.54, 1.807) is 0 Å². The van der Waals surface area contributed by atoms with Gasteiger partial charge in [-0.05, 0) is 63.2 Å². The third-order valence-corrected chi connectivity index (χ3v) is 28.4. The van der Waals surface area contributed by atoms with E-state index >= 15 is 0 Å². The molecule has 0 aliphatic carbocycles. The summed E-state index contributed by atoms with van der Waals surface area (Å²) in [5, 5.41) is 17.1. The van der Waals surface area contributed by atoms with Crippen molar-refractivity contribution in [2.75, 3.05) is 0 Å². The van der Waals surface area contributed by atoms with Gasteiger partial charge in [0.05, 0.1) is 72.8 Å². The molecule has 0 radical (unpaired) electrons. The van der Waals surface area contributed by atoms with Gasteiger partial charge >= 0.3 is 0 Å². The SMILES string of the molecule is O=P(c1ccccc1)(c1ccccc1)c1ccc(-c2cccc3c2nc(-c2ccccc2)c2cccc(-c4ccccc4)c23)cc1.c1ccc(-c2ccc3ccc4ccc(-c5cccc6c5nc(-c5ccccc5)c5cccc(-c7ccccc7)c56)nc4c3n2)cc1.c1ccc(-c2nc3c(-c4ccc5ccc6cccnc6c5n4)cccc3c3c(-c4ccccc4)cccc23)cc1. The van der Waals surface area contributed by atoms with Crippen molar-refractivity contribution < 1.29 is 4.57 Å². The summed E-state index contributed by atoms with van der Waals surface area (Å²) in [4.78, 5) is 36.5. The molecule has 0 unspecified atom stereocenters. The Balaban J connectivity index is 0.000000113. The molecule has 0 saturated carbocycles. The lowest BCUT2D eigenvalue weighted by molar-refractivity contribution is 0.592. The van der Waals surface area contributed by atoms with Crippen molar-refractivity contribution in [3.05, 3.63) is 485 Å². The lowest BCUT2D eigenvalue weighted by Gasteiger charge is -2.20. The van der Waals surface area contributed by atoms with E-state index in [2.05, 4.69) is 369 Å². The summed E-state index contributed by atoms with van der Waals surface area (Å²) >= 11 is 0. The van der Waals surface area contributed by atoms with Gasteiger partial charge in [-0.3, -0.25) is 4.98 Å². The van der Waals surface area contributed by atoms with Gasteiger partial charge in [-0.1, -0.05) is 455 Å². The van der Waals surface area contributed by atoms with E-state index < -0.39 is 7.14 Å². The average molecular weight is 1700 g/mol. The molecule has 18 aromatic carbocycles. The van der Waals surface area contributed by atoms with E-state index in [4.69, 9.17) is 29.9 Å². The van der Waals surface area contributed by atoms with Crippen molar-refractivity contribution in [1.82, 2.24) is 34.9 Å². The van der Waals surface area contributed by atoms with E-state index in [1.165, 1.54) is 49.5 Å². The molecule has 25 rings (SSSR count). The summed E-state index contributed by atoms with van der Waals surface area (Å²) in [6.07, 6.45) is 1.83. The number of hydrogen-bond acceptors (Lipinski definition) is 8. The lowest BCUT2D eigenvalue weighted by atomic mass is 9.91. The number of benzene rings is 18. The molecule has 0 spiro atoms. The van der Waals surface area contributed by atoms with E-state index in [0.717, 1.165) is 187 Å². The Hall–Kier alpha value is -17.2. The van der Waals surface area contributed by atoms with Gasteiger partial charge in [-0.2, -0.15) is 0 Å². The van der Waals surface area contributed by atoms with Gasteiger partial charge < -0.3 is 4.57 Å².